The minimum Gasteiger partial charge on any atom is -0.358 e. The number of H-pyrrole nitrogens is 1. The lowest BCUT2D eigenvalue weighted by Crippen LogP contribution is -1.78. The Morgan fingerprint density at radius 3 is 2.82 bits per heavy atom. The predicted molar refractivity (Wildman–Crippen MR) is 47.9 cm³/mol. The van der Waals surface area contributed by atoms with Crippen molar-refractivity contribution in [2.45, 2.75) is 13.8 Å². The number of nitrogens with one attached hydrogen (secondary N) is 1. The fourth-order valence-electron chi connectivity index (χ4n) is 0.810. The monoisotopic (exact) mass is 148 g/mol. The lowest BCUT2D eigenvalue weighted by Gasteiger charge is -1.82. The Kier molecular flexibility index (Phi) is 2.66. The van der Waals surface area contributed by atoms with Gasteiger partial charge in [0.15, 0.2) is 0 Å². The number of nitrogens with zero attached hydrogens (tertiary/aromatic N) is 1. The predicted octanol–water partition coefficient (Wildman–Crippen LogP) is 2.28. The van der Waals surface area contributed by atoms with Crippen molar-refractivity contribution < 1.29 is 0 Å². The van der Waals surface area contributed by atoms with Crippen molar-refractivity contribution in [3.8, 4) is 0 Å². The van der Waals surface area contributed by atoms with Crippen LogP contribution in [0.3, 0.4) is 0 Å². The zero-order chi connectivity index (χ0) is 8.10. The molecule has 1 N–H and O–H groups in total. The number of aromatic amines is 1. The number of hydrogen-bond donors (Lipinski definition) is 1. The molecule has 0 radical (unpaired) electrons. The van der Waals surface area contributed by atoms with Gasteiger partial charge in [0.25, 0.3) is 0 Å². The van der Waals surface area contributed by atoms with Crippen LogP contribution in [-0.4, -0.2) is 11.2 Å². The maximum atomic E-state index is 4.04. The average Bonchev–Trinajstić information content (AvgIpc) is 2.37. The van der Waals surface area contributed by atoms with Crippen LogP contribution in [0.2, 0.25) is 0 Å². The van der Waals surface area contributed by atoms with Gasteiger partial charge in [-0.3, -0.25) is 4.99 Å². The average molecular weight is 148 g/mol. The van der Waals surface area contributed by atoms with Crippen LogP contribution < -0.4 is 0 Å². The normalized spacial score (nSPS) is 11.8. The fraction of sp³-hybridized carbons (Fsp3) is 0.222. The van der Waals surface area contributed by atoms with E-state index >= 15 is 0 Å². The maximum absolute atomic E-state index is 4.04. The Bertz CT molecular complexity index is 269. The van der Waals surface area contributed by atoms with Gasteiger partial charge >= 0.3 is 0 Å². The van der Waals surface area contributed by atoms with Gasteiger partial charge in [-0.25, -0.2) is 0 Å². The highest BCUT2D eigenvalue weighted by atomic mass is 14.8. The molecule has 0 aliphatic heterocycles. The zero-order valence-corrected chi connectivity index (χ0v) is 6.83. The number of allylic oxidation sites excluding steroid dienone is 1. The Morgan fingerprint density at radius 1 is 1.45 bits per heavy atom. The topological polar surface area (TPSA) is 28.1 Å². The van der Waals surface area contributed by atoms with Crippen LogP contribution in [0.25, 0.3) is 0 Å². The van der Waals surface area contributed by atoms with Gasteiger partial charge in [-0.2, -0.15) is 0 Å². The summed E-state index contributed by atoms with van der Waals surface area (Å²) >= 11 is 0. The van der Waals surface area contributed by atoms with Crippen LogP contribution in [0.4, 0.5) is 0 Å². The maximum Gasteiger partial charge on any atom is 0.0568 e. The van der Waals surface area contributed by atoms with Gasteiger partial charge in [0.05, 0.1) is 11.9 Å². The molecule has 1 heterocycles. The first-order valence-electron chi connectivity index (χ1n) is 3.63. The van der Waals surface area contributed by atoms with E-state index in [-0.39, 0.29) is 0 Å². The third kappa shape index (κ3) is 2.42. The highest BCUT2D eigenvalue weighted by Crippen LogP contribution is 1.96. The number of aromatic nitrogens is 1. The van der Waals surface area contributed by atoms with E-state index in [1.54, 1.807) is 12.4 Å². The molecule has 0 aliphatic rings. The molecule has 0 aliphatic carbocycles. The molecule has 2 nitrogen and oxygen atoms in total. The SMILES string of the molecule is C/C=C\N=Cc1ccc(C)[nH]1. The Balaban J connectivity index is 2.64. The molecule has 1 aromatic rings. The molecule has 1 rings (SSSR count). The van der Waals surface area contributed by atoms with E-state index in [1.807, 2.05) is 32.1 Å². The van der Waals surface area contributed by atoms with Crippen LogP contribution >= 0.6 is 0 Å². The first-order chi connectivity index (χ1) is 5.33. The molecule has 0 atom stereocenters. The molecular weight excluding hydrogens is 136 g/mol. The Hall–Kier alpha value is -1.31. The molecule has 0 bridgehead atoms. The van der Waals surface area contributed by atoms with Crippen molar-refractivity contribution >= 4 is 6.21 Å². The Morgan fingerprint density at radius 2 is 2.27 bits per heavy atom. The summed E-state index contributed by atoms with van der Waals surface area (Å²) in [6, 6.07) is 4.03. The third-order valence-electron chi connectivity index (χ3n) is 1.30. The molecule has 0 spiro atoms. The van der Waals surface area contributed by atoms with Crippen molar-refractivity contribution in [3.05, 3.63) is 35.8 Å². The van der Waals surface area contributed by atoms with Crippen LogP contribution in [-0.2, 0) is 0 Å². The van der Waals surface area contributed by atoms with E-state index in [1.165, 1.54) is 0 Å². The van der Waals surface area contributed by atoms with Crippen molar-refractivity contribution in [2.75, 3.05) is 0 Å². The summed E-state index contributed by atoms with van der Waals surface area (Å²) in [4.78, 5) is 7.19. The first-order valence-corrected chi connectivity index (χ1v) is 3.63. The van der Waals surface area contributed by atoms with E-state index in [2.05, 4.69) is 9.98 Å². The zero-order valence-electron chi connectivity index (χ0n) is 6.83. The van der Waals surface area contributed by atoms with Crippen LogP contribution in [0, 0.1) is 6.92 Å². The fourth-order valence-corrected chi connectivity index (χ4v) is 0.810. The number of rotatable bonds is 2. The summed E-state index contributed by atoms with van der Waals surface area (Å²) in [5, 5.41) is 0. The van der Waals surface area contributed by atoms with Crippen molar-refractivity contribution in [1.29, 1.82) is 0 Å². The molecule has 1 aromatic heterocycles. The first kappa shape index (κ1) is 7.79. The van der Waals surface area contributed by atoms with Gasteiger partial charge in [0.1, 0.15) is 0 Å². The second kappa shape index (κ2) is 3.76. The minimum absolute atomic E-state index is 1.04. The summed E-state index contributed by atoms with van der Waals surface area (Å²) in [5.74, 6) is 0. The quantitative estimate of drug-likeness (QED) is 0.623. The van der Waals surface area contributed by atoms with Crippen molar-refractivity contribution in [3.63, 3.8) is 0 Å². The molecular formula is C9H12N2. The van der Waals surface area contributed by atoms with Crippen LogP contribution in [0.15, 0.2) is 29.4 Å². The highest BCUT2D eigenvalue weighted by molar-refractivity contribution is 5.77. The highest BCUT2D eigenvalue weighted by Gasteiger charge is 1.87. The molecule has 11 heavy (non-hydrogen) atoms. The minimum atomic E-state index is 1.04. The lowest BCUT2D eigenvalue weighted by atomic mass is 10.4. The smallest absolute Gasteiger partial charge is 0.0568 e. The molecule has 58 valence electrons. The van der Waals surface area contributed by atoms with Gasteiger partial charge in [-0.05, 0) is 26.0 Å². The van der Waals surface area contributed by atoms with E-state index in [0.29, 0.717) is 0 Å². The summed E-state index contributed by atoms with van der Waals surface area (Å²) in [5.41, 5.74) is 2.20. The van der Waals surface area contributed by atoms with E-state index in [0.717, 1.165) is 11.4 Å². The largest absolute Gasteiger partial charge is 0.358 e. The summed E-state index contributed by atoms with van der Waals surface area (Å²) in [6.45, 7) is 3.96. The second-order valence-electron chi connectivity index (χ2n) is 2.36. The Labute approximate surface area is 66.7 Å². The number of aliphatic imine (C=N–C) groups is 1. The molecule has 0 unspecified atom stereocenters. The van der Waals surface area contributed by atoms with Gasteiger partial charge in [0, 0.05) is 11.9 Å². The number of hydrogen-bond acceptors (Lipinski definition) is 1. The molecule has 0 saturated carbocycles. The van der Waals surface area contributed by atoms with E-state index < -0.39 is 0 Å². The van der Waals surface area contributed by atoms with Gasteiger partial charge in [-0.1, -0.05) is 6.08 Å². The molecule has 0 amide bonds. The van der Waals surface area contributed by atoms with E-state index in [4.69, 9.17) is 0 Å². The molecule has 2 heteroatoms. The molecule has 0 aromatic carbocycles. The van der Waals surface area contributed by atoms with Crippen molar-refractivity contribution in [1.82, 2.24) is 4.98 Å². The molecule has 0 fully saturated rings. The standard InChI is InChI=1S/C9H12N2/c1-3-6-10-7-9-5-4-8(2)11-9/h3-7,11H,1-2H3/b6-3-,10-7?. The lowest BCUT2D eigenvalue weighted by molar-refractivity contribution is 1.25. The van der Waals surface area contributed by atoms with Gasteiger partial charge in [-0.15, -0.1) is 0 Å². The van der Waals surface area contributed by atoms with Crippen molar-refractivity contribution in [2.24, 2.45) is 4.99 Å². The van der Waals surface area contributed by atoms with Gasteiger partial charge in [0.2, 0.25) is 0 Å². The van der Waals surface area contributed by atoms with Crippen LogP contribution in [0.1, 0.15) is 18.3 Å². The van der Waals surface area contributed by atoms with E-state index in [9.17, 15) is 0 Å². The second-order valence-corrected chi connectivity index (χ2v) is 2.36. The molecule has 0 saturated heterocycles. The summed E-state index contributed by atoms with van der Waals surface area (Å²) in [6.07, 6.45) is 5.45. The van der Waals surface area contributed by atoms with Gasteiger partial charge < -0.3 is 4.98 Å². The third-order valence-corrected chi connectivity index (χ3v) is 1.30. The summed E-state index contributed by atoms with van der Waals surface area (Å²) < 4.78 is 0. The summed E-state index contributed by atoms with van der Waals surface area (Å²) in [7, 11) is 0. The van der Waals surface area contributed by atoms with Crippen LogP contribution in [0.5, 0.6) is 0 Å². The number of aryl methyl sites for hydroxylation is 1.